The number of thioether (sulfide) groups is 1. The highest BCUT2D eigenvalue weighted by Gasteiger charge is 2.15. The zero-order valence-corrected chi connectivity index (χ0v) is 12.6. The number of ether oxygens (including phenoxy) is 2. The molecule has 1 atom stereocenters. The summed E-state index contributed by atoms with van der Waals surface area (Å²) in [6.45, 7) is 0.250. The molecule has 0 amide bonds. The summed E-state index contributed by atoms with van der Waals surface area (Å²) in [7, 11) is 5.28. The maximum atomic E-state index is 8.79. The van der Waals surface area contributed by atoms with Crippen LogP contribution in [0.1, 0.15) is 18.0 Å². The van der Waals surface area contributed by atoms with E-state index in [1.54, 1.807) is 14.2 Å². The van der Waals surface area contributed by atoms with Gasteiger partial charge in [0.15, 0.2) is 0 Å². The first kappa shape index (κ1) is 16.1. The predicted octanol–water partition coefficient (Wildman–Crippen LogP) is 2.08. The number of benzene rings is 1. The molecule has 1 rings (SSSR count). The minimum atomic E-state index is 0.203. The Morgan fingerprint density at radius 1 is 1.32 bits per heavy atom. The van der Waals surface area contributed by atoms with Crippen LogP contribution in [0.25, 0.3) is 0 Å². The Morgan fingerprint density at radius 2 is 2.11 bits per heavy atom. The van der Waals surface area contributed by atoms with E-state index < -0.39 is 0 Å². The van der Waals surface area contributed by atoms with Crippen molar-refractivity contribution in [3.05, 3.63) is 23.8 Å². The zero-order chi connectivity index (χ0) is 14.1. The molecular formula is C14H23NO3S. The molecular weight excluding hydrogens is 262 g/mol. The molecule has 0 aromatic heterocycles. The summed E-state index contributed by atoms with van der Waals surface area (Å²) in [5, 5.41) is 12.1. The van der Waals surface area contributed by atoms with Crippen LogP contribution >= 0.6 is 11.8 Å². The van der Waals surface area contributed by atoms with Gasteiger partial charge in [0, 0.05) is 24.0 Å². The van der Waals surface area contributed by atoms with Gasteiger partial charge in [-0.05, 0) is 37.4 Å². The normalized spacial score (nSPS) is 12.2. The second kappa shape index (κ2) is 9.07. The van der Waals surface area contributed by atoms with Crippen molar-refractivity contribution >= 4 is 11.8 Å². The number of methoxy groups -OCH3 is 2. The Bertz CT molecular complexity index is 374. The fourth-order valence-corrected chi connectivity index (χ4v) is 2.89. The van der Waals surface area contributed by atoms with Crippen molar-refractivity contribution in [1.29, 1.82) is 0 Å². The number of rotatable bonds is 9. The largest absolute Gasteiger partial charge is 0.497 e. The van der Waals surface area contributed by atoms with Crippen molar-refractivity contribution in [3.63, 3.8) is 0 Å². The highest BCUT2D eigenvalue weighted by Crippen LogP contribution is 2.31. The Kier molecular flexibility index (Phi) is 7.70. The van der Waals surface area contributed by atoms with Gasteiger partial charge in [0.1, 0.15) is 11.5 Å². The summed E-state index contributed by atoms with van der Waals surface area (Å²) < 4.78 is 10.7. The molecule has 0 spiro atoms. The number of nitrogens with one attached hydrogen (secondary N) is 1. The standard InChI is InChI=1S/C14H23NO3S/c1-15-13(10-19-8-4-7-16)12-9-11(17-2)5-6-14(12)18-3/h5-6,9,13,15-16H,4,7-8,10H2,1-3H3. The van der Waals surface area contributed by atoms with E-state index in [1.165, 1.54) is 0 Å². The molecule has 1 aromatic rings. The lowest BCUT2D eigenvalue weighted by Gasteiger charge is -2.20. The highest BCUT2D eigenvalue weighted by atomic mass is 32.2. The van der Waals surface area contributed by atoms with Crippen LogP contribution in [0.3, 0.4) is 0 Å². The minimum Gasteiger partial charge on any atom is -0.497 e. The molecule has 0 fully saturated rings. The molecule has 4 nitrogen and oxygen atoms in total. The molecule has 0 bridgehead atoms. The summed E-state index contributed by atoms with van der Waals surface area (Å²) in [5.74, 6) is 3.58. The first-order valence-electron chi connectivity index (χ1n) is 6.34. The Labute approximate surface area is 119 Å². The van der Waals surface area contributed by atoms with Gasteiger partial charge in [-0.1, -0.05) is 0 Å². The summed E-state index contributed by atoms with van der Waals surface area (Å²) in [6.07, 6.45) is 0.830. The number of hydrogen-bond donors (Lipinski definition) is 2. The third kappa shape index (κ3) is 4.93. The lowest BCUT2D eigenvalue weighted by atomic mass is 10.1. The molecule has 1 aromatic carbocycles. The van der Waals surface area contributed by atoms with E-state index in [4.69, 9.17) is 14.6 Å². The monoisotopic (exact) mass is 285 g/mol. The lowest BCUT2D eigenvalue weighted by Crippen LogP contribution is -2.20. The quantitative estimate of drug-likeness (QED) is 0.680. The van der Waals surface area contributed by atoms with Crippen LogP contribution in [-0.4, -0.2) is 44.5 Å². The smallest absolute Gasteiger partial charge is 0.123 e. The van der Waals surface area contributed by atoms with E-state index in [9.17, 15) is 0 Å². The molecule has 0 saturated heterocycles. The van der Waals surface area contributed by atoms with Gasteiger partial charge in [0.05, 0.1) is 14.2 Å². The van der Waals surface area contributed by atoms with E-state index >= 15 is 0 Å². The second-order valence-electron chi connectivity index (χ2n) is 4.10. The third-order valence-electron chi connectivity index (χ3n) is 2.89. The molecule has 2 N–H and O–H groups in total. The first-order chi connectivity index (χ1) is 9.26. The molecule has 0 aliphatic carbocycles. The van der Waals surface area contributed by atoms with Crippen LogP contribution in [0.2, 0.25) is 0 Å². The topological polar surface area (TPSA) is 50.7 Å². The summed E-state index contributed by atoms with van der Waals surface area (Å²) in [4.78, 5) is 0. The molecule has 108 valence electrons. The van der Waals surface area contributed by atoms with Crippen LogP contribution in [0.4, 0.5) is 0 Å². The van der Waals surface area contributed by atoms with Crippen LogP contribution < -0.4 is 14.8 Å². The van der Waals surface area contributed by atoms with Crippen molar-refractivity contribution < 1.29 is 14.6 Å². The molecule has 5 heteroatoms. The van der Waals surface area contributed by atoms with Crippen molar-refractivity contribution in [2.45, 2.75) is 12.5 Å². The van der Waals surface area contributed by atoms with E-state index in [-0.39, 0.29) is 12.6 Å². The third-order valence-corrected chi connectivity index (χ3v) is 4.04. The Hall–Kier alpha value is -0.910. The minimum absolute atomic E-state index is 0.203. The number of aliphatic hydroxyl groups is 1. The zero-order valence-electron chi connectivity index (χ0n) is 11.8. The summed E-state index contributed by atoms with van der Waals surface area (Å²) >= 11 is 1.82. The Balaban J connectivity index is 2.77. The van der Waals surface area contributed by atoms with Crippen LogP contribution in [0.15, 0.2) is 18.2 Å². The van der Waals surface area contributed by atoms with Crippen molar-refractivity contribution in [1.82, 2.24) is 5.32 Å². The summed E-state index contributed by atoms with van der Waals surface area (Å²) in [5.41, 5.74) is 1.10. The first-order valence-corrected chi connectivity index (χ1v) is 7.50. The molecule has 0 saturated carbocycles. The number of hydrogen-bond acceptors (Lipinski definition) is 5. The Morgan fingerprint density at radius 3 is 2.68 bits per heavy atom. The van der Waals surface area contributed by atoms with Gasteiger partial charge < -0.3 is 19.9 Å². The number of aliphatic hydroxyl groups excluding tert-OH is 1. The molecule has 19 heavy (non-hydrogen) atoms. The molecule has 0 aliphatic rings. The van der Waals surface area contributed by atoms with Gasteiger partial charge in [-0.2, -0.15) is 11.8 Å². The maximum absolute atomic E-state index is 8.79. The molecule has 0 aliphatic heterocycles. The lowest BCUT2D eigenvalue weighted by molar-refractivity contribution is 0.296. The van der Waals surface area contributed by atoms with Gasteiger partial charge >= 0.3 is 0 Å². The SMILES string of the molecule is CNC(CSCCCO)c1cc(OC)ccc1OC. The second-order valence-corrected chi connectivity index (χ2v) is 5.25. The van der Waals surface area contributed by atoms with Gasteiger partial charge in [-0.25, -0.2) is 0 Å². The van der Waals surface area contributed by atoms with Crippen molar-refractivity contribution in [2.75, 3.05) is 39.4 Å². The van der Waals surface area contributed by atoms with Gasteiger partial charge in [-0.3, -0.25) is 0 Å². The maximum Gasteiger partial charge on any atom is 0.123 e. The van der Waals surface area contributed by atoms with Crippen LogP contribution in [-0.2, 0) is 0 Å². The van der Waals surface area contributed by atoms with Crippen LogP contribution in [0.5, 0.6) is 11.5 Å². The van der Waals surface area contributed by atoms with Crippen LogP contribution in [0, 0.1) is 0 Å². The van der Waals surface area contributed by atoms with E-state index in [2.05, 4.69) is 5.32 Å². The fraction of sp³-hybridized carbons (Fsp3) is 0.571. The molecule has 1 unspecified atom stereocenters. The fourth-order valence-electron chi connectivity index (χ4n) is 1.81. The molecule has 0 heterocycles. The average Bonchev–Trinajstić information content (AvgIpc) is 2.47. The van der Waals surface area contributed by atoms with Crippen molar-refractivity contribution in [3.8, 4) is 11.5 Å². The van der Waals surface area contributed by atoms with E-state index in [1.807, 2.05) is 37.0 Å². The highest BCUT2D eigenvalue weighted by molar-refractivity contribution is 7.99. The van der Waals surface area contributed by atoms with Crippen molar-refractivity contribution in [2.24, 2.45) is 0 Å². The average molecular weight is 285 g/mol. The predicted molar refractivity (Wildman–Crippen MR) is 80.4 cm³/mol. The van der Waals surface area contributed by atoms with Gasteiger partial charge in [-0.15, -0.1) is 0 Å². The molecule has 0 radical (unpaired) electrons. The summed E-state index contributed by atoms with van der Waals surface area (Å²) in [6, 6.07) is 6.03. The van der Waals surface area contributed by atoms with E-state index in [0.717, 1.165) is 35.0 Å². The van der Waals surface area contributed by atoms with E-state index in [0.29, 0.717) is 0 Å². The van der Waals surface area contributed by atoms with Gasteiger partial charge in [0.25, 0.3) is 0 Å². The van der Waals surface area contributed by atoms with Gasteiger partial charge in [0.2, 0.25) is 0 Å².